The highest BCUT2D eigenvalue weighted by Gasteiger charge is 1.99. The number of hydrogen-bond donors (Lipinski definition) is 6. The van der Waals surface area contributed by atoms with Crippen molar-refractivity contribution >= 4 is 43.2 Å². The van der Waals surface area contributed by atoms with Crippen LogP contribution in [0, 0.1) is 0 Å². The van der Waals surface area contributed by atoms with Gasteiger partial charge in [-0.25, -0.2) is 0 Å². The number of aliphatic hydroxyl groups excluding tert-OH is 1. The van der Waals surface area contributed by atoms with Crippen LogP contribution in [0.15, 0.2) is 36.5 Å². The summed E-state index contributed by atoms with van der Waals surface area (Å²) in [5.41, 5.74) is 0. The van der Waals surface area contributed by atoms with Crippen LogP contribution in [0.25, 0.3) is 0 Å². The molecule has 0 aromatic carbocycles. The fraction of sp³-hybridized carbons (Fsp3) is 0.842. The molecular formula is C57H110O7S2. The highest BCUT2D eigenvalue weighted by molar-refractivity contribution is 7.84. The lowest BCUT2D eigenvalue weighted by molar-refractivity contribution is -0.138. The van der Waals surface area contributed by atoms with Crippen molar-refractivity contribution in [3.8, 4) is 0 Å². The number of carbonyl (C=O) groups is 3. The lowest BCUT2D eigenvalue weighted by Gasteiger charge is -1.99. The highest BCUT2D eigenvalue weighted by atomic mass is 32.1. The second-order valence-electron chi connectivity index (χ2n) is 18.2. The van der Waals surface area contributed by atoms with E-state index in [-0.39, 0.29) is 11.9 Å². The summed E-state index contributed by atoms with van der Waals surface area (Å²) in [6.07, 6.45) is 63.7. The molecule has 0 aromatic heterocycles. The van der Waals surface area contributed by atoms with E-state index in [1.807, 2.05) is 0 Å². The van der Waals surface area contributed by atoms with Crippen LogP contribution in [-0.2, 0) is 14.4 Å². The fourth-order valence-corrected chi connectivity index (χ4v) is 7.21. The minimum absolute atomic E-state index is 0.0494. The van der Waals surface area contributed by atoms with E-state index in [2.05, 4.69) is 82.5 Å². The molecule has 0 aliphatic heterocycles. The topological polar surface area (TPSA) is 132 Å². The maximum Gasteiger partial charge on any atom is 0.303 e. The van der Waals surface area contributed by atoms with Crippen LogP contribution in [0.4, 0.5) is 0 Å². The van der Waals surface area contributed by atoms with E-state index in [0.29, 0.717) is 25.0 Å². The number of aliphatic carboxylic acids is 3. The largest absolute Gasteiger partial charge is 0.481 e. The van der Waals surface area contributed by atoms with E-state index < -0.39 is 17.9 Å². The van der Waals surface area contributed by atoms with Gasteiger partial charge in [0.05, 0.1) is 6.61 Å². The molecule has 0 bridgehead atoms. The molecule has 0 spiro atoms. The van der Waals surface area contributed by atoms with Crippen LogP contribution in [0.3, 0.4) is 0 Å². The van der Waals surface area contributed by atoms with Crippen molar-refractivity contribution in [2.75, 3.05) is 12.4 Å². The Morgan fingerprint density at radius 2 is 0.530 bits per heavy atom. The number of thiol groups is 2. The van der Waals surface area contributed by atoms with E-state index >= 15 is 0 Å². The van der Waals surface area contributed by atoms with Gasteiger partial charge < -0.3 is 20.4 Å². The van der Waals surface area contributed by atoms with Crippen LogP contribution in [-0.4, -0.2) is 55.9 Å². The van der Waals surface area contributed by atoms with Gasteiger partial charge in [-0.2, -0.15) is 25.3 Å². The lowest BCUT2D eigenvalue weighted by Crippen LogP contribution is -2.04. The van der Waals surface area contributed by atoms with Crippen LogP contribution in [0.1, 0.15) is 290 Å². The standard InChI is InChI=1S/3C18H34O2.C3H8OS2/c3*1-2-3-4-5-6-7-8-9-10-11-12-13-14-15-16-17-18(19)20;4-1-3(6)2-5/h3*9-10H,2-8,11-17H2,1H3,(H,19,20);3-6H,1-2H2/b3*10-9-;. The summed E-state index contributed by atoms with van der Waals surface area (Å²) >= 11 is 7.76. The molecule has 0 amide bonds. The number of aliphatic hydroxyl groups is 1. The van der Waals surface area contributed by atoms with Crippen molar-refractivity contribution in [2.45, 2.75) is 296 Å². The normalized spacial score (nSPS) is 11.5. The first-order valence-electron chi connectivity index (χ1n) is 27.6. The average Bonchev–Trinajstić information content (AvgIpc) is 3.30. The number of hydrogen-bond acceptors (Lipinski definition) is 6. The SMILES string of the molecule is CCCCCCCC/C=C\CCCCCCCC(=O)O.CCCCCCCC/C=C\CCCCCCCC(=O)O.CCCCCCCC/C=C\CCCCCCCC(=O)O.OCC(S)CS. The van der Waals surface area contributed by atoms with Crippen LogP contribution in [0.2, 0.25) is 0 Å². The van der Waals surface area contributed by atoms with Crippen LogP contribution in [0.5, 0.6) is 0 Å². The van der Waals surface area contributed by atoms with Gasteiger partial charge in [0.15, 0.2) is 0 Å². The molecular weight excluding hydrogens is 861 g/mol. The predicted molar refractivity (Wildman–Crippen MR) is 295 cm³/mol. The van der Waals surface area contributed by atoms with E-state index in [1.54, 1.807) is 0 Å². The minimum Gasteiger partial charge on any atom is -0.481 e. The van der Waals surface area contributed by atoms with Gasteiger partial charge in [0.1, 0.15) is 0 Å². The summed E-state index contributed by atoms with van der Waals surface area (Å²) in [6, 6.07) is 0. The number of unbranched alkanes of at least 4 members (excludes halogenated alkanes) is 33. The van der Waals surface area contributed by atoms with Crippen molar-refractivity contribution in [1.29, 1.82) is 0 Å². The first kappa shape index (κ1) is 70.8. The Morgan fingerprint density at radius 1 is 0.348 bits per heavy atom. The molecule has 4 N–H and O–H groups in total. The van der Waals surface area contributed by atoms with Crippen molar-refractivity contribution in [3.05, 3.63) is 36.5 Å². The molecule has 0 fully saturated rings. The fourth-order valence-electron chi connectivity index (χ4n) is 7.10. The molecule has 0 aliphatic carbocycles. The Bertz CT molecular complexity index is 909. The average molecular weight is 972 g/mol. The van der Waals surface area contributed by atoms with Crippen molar-refractivity contribution < 1.29 is 34.8 Å². The molecule has 0 heterocycles. The van der Waals surface area contributed by atoms with Gasteiger partial charge in [-0.05, 0) is 96.3 Å². The van der Waals surface area contributed by atoms with Gasteiger partial charge in [0.25, 0.3) is 0 Å². The molecule has 392 valence electrons. The zero-order valence-corrected chi connectivity index (χ0v) is 45.4. The number of allylic oxidation sites excluding steroid dienone is 6. The maximum absolute atomic E-state index is 10.3. The molecule has 0 saturated carbocycles. The first-order chi connectivity index (χ1) is 32.1. The molecule has 0 saturated heterocycles. The summed E-state index contributed by atoms with van der Waals surface area (Å²) in [5, 5.41) is 33.8. The van der Waals surface area contributed by atoms with Gasteiger partial charge in [-0.15, -0.1) is 0 Å². The highest BCUT2D eigenvalue weighted by Crippen LogP contribution is 2.13. The number of carboxylic acid groups (broad SMARTS) is 3. The molecule has 1 atom stereocenters. The molecule has 0 radical (unpaired) electrons. The Hall–Kier alpha value is -1.71. The second kappa shape index (κ2) is 67.6. The van der Waals surface area contributed by atoms with Crippen LogP contribution >= 0.6 is 25.3 Å². The summed E-state index contributed by atoms with van der Waals surface area (Å²) < 4.78 is 0. The maximum atomic E-state index is 10.3. The van der Waals surface area contributed by atoms with E-state index in [9.17, 15) is 14.4 Å². The van der Waals surface area contributed by atoms with Crippen molar-refractivity contribution in [3.63, 3.8) is 0 Å². The zero-order valence-electron chi connectivity index (χ0n) is 43.6. The van der Waals surface area contributed by atoms with Crippen molar-refractivity contribution in [1.82, 2.24) is 0 Å². The summed E-state index contributed by atoms with van der Waals surface area (Å²) in [4.78, 5) is 31.0. The molecule has 66 heavy (non-hydrogen) atoms. The Labute approximate surface area is 420 Å². The number of carboxylic acids is 3. The Balaban J connectivity index is -0.000000410. The van der Waals surface area contributed by atoms with E-state index in [4.69, 9.17) is 20.4 Å². The molecule has 7 nitrogen and oxygen atoms in total. The summed E-state index contributed by atoms with van der Waals surface area (Å²) in [5.74, 6) is -1.35. The third-order valence-electron chi connectivity index (χ3n) is 11.4. The molecule has 0 aliphatic rings. The Morgan fingerprint density at radius 3 is 0.682 bits per heavy atom. The smallest absolute Gasteiger partial charge is 0.303 e. The molecule has 0 aromatic rings. The van der Waals surface area contributed by atoms with Crippen molar-refractivity contribution in [2.24, 2.45) is 0 Å². The monoisotopic (exact) mass is 971 g/mol. The minimum atomic E-state index is -0.664. The van der Waals surface area contributed by atoms with E-state index in [1.165, 1.54) is 212 Å². The second-order valence-corrected chi connectivity index (χ2v) is 19.3. The lowest BCUT2D eigenvalue weighted by atomic mass is 10.1. The van der Waals surface area contributed by atoms with Gasteiger partial charge in [-0.3, -0.25) is 14.4 Å². The Kier molecular flexibility index (Phi) is 72.5. The molecule has 0 rings (SSSR count). The van der Waals surface area contributed by atoms with Gasteiger partial charge in [-0.1, -0.05) is 211 Å². The predicted octanol–water partition coefficient (Wildman–Crippen LogP) is 18.5. The van der Waals surface area contributed by atoms with Gasteiger partial charge >= 0.3 is 17.9 Å². The third-order valence-corrected chi connectivity index (χ3v) is 12.5. The number of rotatable bonds is 47. The summed E-state index contributed by atoms with van der Waals surface area (Å²) in [7, 11) is 0. The molecule has 9 heteroatoms. The quantitative estimate of drug-likeness (QED) is 0.0203. The molecule has 1 unspecified atom stereocenters. The zero-order chi connectivity index (χ0) is 49.7. The summed E-state index contributed by atoms with van der Waals surface area (Å²) in [6.45, 7) is 6.89. The van der Waals surface area contributed by atoms with Gasteiger partial charge in [0.2, 0.25) is 0 Å². The van der Waals surface area contributed by atoms with Crippen LogP contribution < -0.4 is 0 Å². The third kappa shape index (κ3) is 82.4. The van der Waals surface area contributed by atoms with Gasteiger partial charge in [0, 0.05) is 30.3 Å². The van der Waals surface area contributed by atoms with E-state index in [0.717, 1.165) is 38.5 Å². The first-order valence-corrected chi connectivity index (χ1v) is 28.8.